The Balaban J connectivity index is 1.81. The number of halogens is 1. The largest absolute Gasteiger partial charge is 0.508 e. The van der Waals surface area contributed by atoms with Crippen LogP contribution in [0, 0.1) is 0 Å². The third kappa shape index (κ3) is 4.26. The summed E-state index contributed by atoms with van der Waals surface area (Å²) in [6, 6.07) is 13.3. The van der Waals surface area contributed by atoms with Gasteiger partial charge in [-0.05, 0) is 37.6 Å². The quantitative estimate of drug-likeness (QED) is 0.615. The molecule has 0 radical (unpaired) electrons. The lowest BCUT2D eigenvalue weighted by Crippen LogP contribution is -2.57. The first-order chi connectivity index (χ1) is 13.8. The van der Waals surface area contributed by atoms with E-state index in [1.54, 1.807) is 23.9 Å². The summed E-state index contributed by atoms with van der Waals surface area (Å²) in [5.41, 5.74) is 1.34. The maximum Gasteiger partial charge on any atom is 0.206 e. The second-order valence-electron chi connectivity index (χ2n) is 8.28. The monoisotopic (exact) mass is 428 g/mol. The molecule has 0 bridgehead atoms. The minimum Gasteiger partial charge on any atom is -0.508 e. The first-order valence-electron chi connectivity index (χ1n) is 9.68. The van der Waals surface area contributed by atoms with Gasteiger partial charge in [0.2, 0.25) is 5.72 Å². The standard InChI is InChI=1S/C23H25ClN2O2S/c1-4-11-29-21-25-22(2,3)14-23(26-21)13-19(15-5-7-16(24)8-6-15)18-10-9-17(27)12-20(18)28-23/h4-10,12,19,27H,1,11,13-14H2,2-3H3,(H,25,26). The lowest BCUT2D eigenvalue weighted by molar-refractivity contribution is 0.0134. The number of benzene rings is 2. The number of amidine groups is 1. The summed E-state index contributed by atoms with van der Waals surface area (Å²) in [5.74, 6) is 1.75. The third-order valence-corrected chi connectivity index (χ3v) is 6.40. The van der Waals surface area contributed by atoms with Gasteiger partial charge in [-0.3, -0.25) is 0 Å². The molecular formula is C23H25ClN2O2S. The number of hydrogen-bond acceptors (Lipinski definition) is 5. The van der Waals surface area contributed by atoms with E-state index in [4.69, 9.17) is 21.3 Å². The molecule has 152 valence electrons. The molecule has 0 amide bonds. The van der Waals surface area contributed by atoms with Crippen LogP contribution in [0.25, 0.3) is 0 Å². The molecule has 0 saturated heterocycles. The molecule has 2 heterocycles. The number of aliphatic imine (C=N–C) groups is 1. The van der Waals surface area contributed by atoms with Gasteiger partial charge in [0.05, 0.1) is 0 Å². The maximum atomic E-state index is 10.1. The lowest BCUT2D eigenvalue weighted by Gasteiger charge is -2.47. The van der Waals surface area contributed by atoms with E-state index in [1.165, 1.54) is 0 Å². The fourth-order valence-corrected chi connectivity index (χ4v) is 5.21. The Labute approximate surface area is 181 Å². The minimum atomic E-state index is -0.705. The van der Waals surface area contributed by atoms with Gasteiger partial charge in [-0.15, -0.1) is 6.58 Å². The number of nitrogens with zero attached hydrogens (tertiary/aromatic N) is 1. The maximum absolute atomic E-state index is 10.1. The van der Waals surface area contributed by atoms with Crippen LogP contribution in [0.4, 0.5) is 0 Å². The first-order valence-corrected chi connectivity index (χ1v) is 11.0. The molecule has 4 nitrogen and oxygen atoms in total. The zero-order chi connectivity index (χ0) is 20.6. The van der Waals surface area contributed by atoms with E-state index < -0.39 is 5.72 Å². The van der Waals surface area contributed by atoms with E-state index in [0.717, 1.165) is 34.9 Å². The normalized spacial score (nSPS) is 24.8. The van der Waals surface area contributed by atoms with Crippen molar-refractivity contribution >= 4 is 28.5 Å². The molecule has 2 aromatic rings. The summed E-state index contributed by atoms with van der Waals surface area (Å²) in [6.07, 6.45) is 3.31. The molecule has 4 rings (SSSR count). The summed E-state index contributed by atoms with van der Waals surface area (Å²) < 4.78 is 6.51. The number of fused-ring (bicyclic) bond motifs is 1. The zero-order valence-electron chi connectivity index (χ0n) is 16.6. The second kappa shape index (κ2) is 7.62. The van der Waals surface area contributed by atoms with Gasteiger partial charge in [0.1, 0.15) is 11.5 Å². The van der Waals surface area contributed by atoms with Gasteiger partial charge in [0.25, 0.3) is 0 Å². The Morgan fingerprint density at radius 2 is 2.07 bits per heavy atom. The van der Waals surface area contributed by atoms with Crippen LogP contribution >= 0.6 is 23.4 Å². The summed E-state index contributed by atoms with van der Waals surface area (Å²) in [5, 5.41) is 15.2. The van der Waals surface area contributed by atoms with Gasteiger partial charge in [-0.1, -0.05) is 47.6 Å². The van der Waals surface area contributed by atoms with E-state index in [2.05, 4.69) is 37.9 Å². The lowest BCUT2D eigenvalue weighted by atomic mass is 9.78. The van der Waals surface area contributed by atoms with Crippen LogP contribution in [0.2, 0.25) is 5.02 Å². The molecule has 2 aliphatic heterocycles. The molecular weight excluding hydrogens is 404 g/mol. The molecule has 2 unspecified atom stereocenters. The Morgan fingerprint density at radius 3 is 2.79 bits per heavy atom. The Morgan fingerprint density at radius 1 is 1.31 bits per heavy atom. The highest BCUT2D eigenvalue weighted by atomic mass is 35.5. The molecule has 0 fully saturated rings. The number of aromatic hydroxyl groups is 1. The van der Waals surface area contributed by atoms with Crippen LogP contribution in [-0.2, 0) is 0 Å². The van der Waals surface area contributed by atoms with Crippen molar-refractivity contribution in [2.24, 2.45) is 4.99 Å². The van der Waals surface area contributed by atoms with Crippen molar-refractivity contribution in [2.45, 2.75) is 43.9 Å². The molecule has 1 spiro atoms. The van der Waals surface area contributed by atoms with Crippen molar-refractivity contribution < 1.29 is 9.84 Å². The van der Waals surface area contributed by atoms with E-state index in [9.17, 15) is 5.11 Å². The van der Waals surface area contributed by atoms with Gasteiger partial charge >= 0.3 is 0 Å². The van der Waals surface area contributed by atoms with Crippen molar-refractivity contribution in [3.05, 3.63) is 71.3 Å². The molecule has 2 aliphatic rings. The SMILES string of the molecule is C=CCSC1=NC2(CC(c3ccc(Cl)cc3)c3ccc(O)cc3O2)CC(C)(C)N1. The first kappa shape index (κ1) is 20.2. The highest BCUT2D eigenvalue weighted by Gasteiger charge is 2.48. The Hall–Kier alpha value is -2.11. The van der Waals surface area contributed by atoms with Crippen molar-refractivity contribution in [2.75, 3.05) is 5.75 Å². The van der Waals surface area contributed by atoms with Crippen LogP contribution in [0.15, 0.2) is 60.1 Å². The fourth-order valence-electron chi connectivity index (χ4n) is 4.23. The van der Waals surface area contributed by atoms with Crippen molar-refractivity contribution in [3.8, 4) is 11.5 Å². The smallest absolute Gasteiger partial charge is 0.206 e. The fraction of sp³-hybridized carbons (Fsp3) is 0.348. The third-order valence-electron chi connectivity index (χ3n) is 5.27. The van der Waals surface area contributed by atoms with E-state index in [-0.39, 0.29) is 17.2 Å². The minimum absolute atomic E-state index is 0.0971. The van der Waals surface area contributed by atoms with Gasteiger partial charge in [0.15, 0.2) is 5.17 Å². The summed E-state index contributed by atoms with van der Waals surface area (Å²) in [6.45, 7) is 8.14. The van der Waals surface area contributed by atoms with Gasteiger partial charge < -0.3 is 15.2 Å². The van der Waals surface area contributed by atoms with E-state index in [0.29, 0.717) is 10.8 Å². The van der Waals surface area contributed by atoms with Crippen molar-refractivity contribution in [1.29, 1.82) is 0 Å². The highest BCUT2D eigenvalue weighted by Crippen LogP contribution is 2.49. The number of rotatable bonds is 3. The van der Waals surface area contributed by atoms with Gasteiger partial charge in [-0.25, -0.2) is 4.99 Å². The molecule has 2 N–H and O–H groups in total. The zero-order valence-corrected chi connectivity index (χ0v) is 18.2. The van der Waals surface area contributed by atoms with Crippen molar-refractivity contribution in [1.82, 2.24) is 5.32 Å². The summed E-state index contributed by atoms with van der Waals surface area (Å²) >= 11 is 7.74. The van der Waals surface area contributed by atoms with E-state index in [1.807, 2.05) is 24.3 Å². The molecule has 2 atom stereocenters. The molecule has 6 heteroatoms. The van der Waals surface area contributed by atoms with Crippen LogP contribution in [0.3, 0.4) is 0 Å². The molecule has 0 saturated carbocycles. The number of nitrogens with one attached hydrogen (secondary N) is 1. The van der Waals surface area contributed by atoms with Crippen LogP contribution in [-0.4, -0.2) is 27.3 Å². The number of phenols is 1. The molecule has 0 aromatic heterocycles. The number of hydrogen-bond donors (Lipinski definition) is 2. The summed E-state index contributed by atoms with van der Waals surface area (Å²) in [7, 11) is 0. The average Bonchev–Trinajstić information content (AvgIpc) is 2.64. The van der Waals surface area contributed by atoms with Crippen LogP contribution in [0.1, 0.15) is 43.7 Å². The predicted molar refractivity (Wildman–Crippen MR) is 121 cm³/mol. The molecule has 2 aromatic carbocycles. The predicted octanol–water partition coefficient (Wildman–Crippen LogP) is 5.70. The van der Waals surface area contributed by atoms with E-state index >= 15 is 0 Å². The Bertz CT molecular complexity index is 958. The van der Waals surface area contributed by atoms with Gasteiger partial charge in [-0.2, -0.15) is 0 Å². The molecule has 0 aliphatic carbocycles. The summed E-state index contributed by atoms with van der Waals surface area (Å²) in [4.78, 5) is 5.02. The number of thioether (sulfide) groups is 1. The number of ether oxygens (including phenoxy) is 1. The van der Waals surface area contributed by atoms with Crippen LogP contribution in [0.5, 0.6) is 11.5 Å². The highest BCUT2D eigenvalue weighted by molar-refractivity contribution is 8.13. The van der Waals surface area contributed by atoms with Gasteiger partial charge in [0, 0.05) is 46.7 Å². The average molecular weight is 429 g/mol. The second-order valence-corrected chi connectivity index (χ2v) is 9.73. The van der Waals surface area contributed by atoms with Crippen molar-refractivity contribution in [3.63, 3.8) is 0 Å². The Kier molecular flexibility index (Phi) is 5.30. The number of phenolic OH excluding ortho intramolecular Hbond substituents is 1. The molecule has 29 heavy (non-hydrogen) atoms. The van der Waals surface area contributed by atoms with Crippen LogP contribution < -0.4 is 10.1 Å². The topological polar surface area (TPSA) is 53.9 Å².